The van der Waals surface area contributed by atoms with Crippen molar-refractivity contribution < 1.29 is 0 Å². The zero-order chi connectivity index (χ0) is 13.5. The van der Waals surface area contributed by atoms with Crippen molar-refractivity contribution in [3.8, 4) is 0 Å². The molecule has 0 unspecified atom stereocenters. The van der Waals surface area contributed by atoms with Gasteiger partial charge in [-0.05, 0) is 26.1 Å². The highest BCUT2D eigenvalue weighted by atomic mass is 15.2. The molecule has 4 heteroatoms. The Morgan fingerprint density at radius 3 is 2.74 bits per heavy atom. The average Bonchev–Trinajstić information content (AvgIpc) is 2.47. The topological polar surface area (TPSA) is 41.0 Å². The molecular weight excluding hydrogens is 236 g/mol. The molecule has 0 amide bonds. The molecule has 2 aromatic rings. The summed E-state index contributed by atoms with van der Waals surface area (Å²) < 4.78 is 0. The number of nitrogens with zero attached hydrogens (tertiary/aromatic N) is 3. The molecule has 0 fully saturated rings. The molecule has 102 valence electrons. The van der Waals surface area contributed by atoms with Gasteiger partial charge in [0.1, 0.15) is 0 Å². The van der Waals surface area contributed by atoms with Crippen molar-refractivity contribution in [2.75, 3.05) is 31.5 Å². The molecule has 1 heterocycles. The van der Waals surface area contributed by atoms with Crippen LogP contribution in [0.25, 0.3) is 10.8 Å². The summed E-state index contributed by atoms with van der Waals surface area (Å²) in [5, 5.41) is 13.9. The van der Waals surface area contributed by atoms with Crippen LogP contribution in [0.4, 0.5) is 5.82 Å². The molecule has 1 aromatic carbocycles. The van der Waals surface area contributed by atoms with Gasteiger partial charge in [-0.3, -0.25) is 0 Å². The number of benzene rings is 1. The van der Waals surface area contributed by atoms with Gasteiger partial charge in [0.25, 0.3) is 0 Å². The van der Waals surface area contributed by atoms with Crippen LogP contribution in [0, 0.1) is 0 Å². The zero-order valence-corrected chi connectivity index (χ0v) is 11.8. The average molecular weight is 258 g/mol. The Morgan fingerprint density at radius 1 is 1.16 bits per heavy atom. The van der Waals surface area contributed by atoms with Crippen molar-refractivity contribution >= 4 is 16.6 Å². The highest BCUT2D eigenvalue weighted by Crippen LogP contribution is 2.18. The molecule has 0 atom stereocenters. The van der Waals surface area contributed by atoms with Crippen molar-refractivity contribution in [2.24, 2.45) is 0 Å². The maximum Gasteiger partial charge on any atom is 0.156 e. The highest BCUT2D eigenvalue weighted by molar-refractivity contribution is 5.90. The first kappa shape index (κ1) is 13.7. The van der Waals surface area contributed by atoms with Crippen LogP contribution in [0.2, 0.25) is 0 Å². The van der Waals surface area contributed by atoms with Crippen LogP contribution in [0.5, 0.6) is 0 Å². The van der Waals surface area contributed by atoms with Crippen molar-refractivity contribution in [1.29, 1.82) is 0 Å². The van der Waals surface area contributed by atoms with E-state index in [0.29, 0.717) is 0 Å². The van der Waals surface area contributed by atoms with Crippen LogP contribution < -0.4 is 5.32 Å². The third-order valence-electron chi connectivity index (χ3n) is 3.41. The molecule has 0 bridgehead atoms. The molecule has 2 rings (SSSR count). The Kier molecular flexibility index (Phi) is 5.10. The molecule has 0 radical (unpaired) electrons. The summed E-state index contributed by atoms with van der Waals surface area (Å²) in [5.41, 5.74) is 0. The number of rotatable bonds is 7. The fourth-order valence-corrected chi connectivity index (χ4v) is 2.21. The Balaban J connectivity index is 1.91. The van der Waals surface area contributed by atoms with Gasteiger partial charge in [0.05, 0.1) is 6.20 Å². The van der Waals surface area contributed by atoms with Gasteiger partial charge >= 0.3 is 0 Å². The Bertz CT molecular complexity index is 503. The first-order valence-electron chi connectivity index (χ1n) is 7.01. The second kappa shape index (κ2) is 7.04. The molecule has 0 aliphatic carbocycles. The lowest BCUT2D eigenvalue weighted by atomic mass is 10.2. The number of nitrogens with one attached hydrogen (secondary N) is 1. The van der Waals surface area contributed by atoms with E-state index >= 15 is 0 Å². The van der Waals surface area contributed by atoms with Crippen molar-refractivity contribution in [1.82, 2.24) is 15.1 Å². The fraction of sp³-hybridized carbons (Fsp3) is 0.467. The second-order valence-corrected chi connectivity index (χ2v) is 4.59. The smallest absolute Gasteiger partial charge is 0.156 e. The number of hydrogen-bond acceptors (Lipinski definition) is 4. The molecule has 0 spiro atoms. The van der Waals surface area contributed by atoms with Crippen molar-refractivity contribution in [3.63, 3.8) is 0 Å². The lowest BCUT2D eigenvalue weighted by Crippen LogP contribution is -2.25. The molecule has 1 aromatic heterocycles. The largest absolute Gasteiger partial charge is 0.368 e. The predicted octanol–water partition coefficient (Wildman–Crippen LogP) is 2.77. The predicted molar refractivity (Wildman–Crippen MR) is 80.4 cm³/mol. The Labute approximate surface area is 114 Å². The monoisotopic (exact) mass is 258 g/mol. The minimum atomic E-state index is 0.887. The molecule has 1 N–H and O–H groups in total. The lowest BCUT2D eigenvalue weighted by molar-refractivity contribution is 0.303. The molecule has 4 nitrogen and oxygen atoms in total. The first-order chi connectivity index (χ1) is 9.35. The van der Waals surface area contributed by atoms with E-state index in [9.17, 15) is 0 Å². The molecule has 0 aliphatic heterocycles. The summed E-state index contributed by atoms with van der Waals surface area (Å²) >= 11 is 0. The summed E-state index contributed by atoms with van der Waals surface area (Å²) in [7, 11) is 0. The van der Waals surface area contributed by atoms with E-state index in [0.717, 1.165) is 49.2 Å². The minimum absolute atomic E-state index is 0.887. The van der Waals surface area contributed by atoms with Gasteiger partial charge in [0.15, 0.2) is 5.82 Å². The van der Waals surface area contributed by atoms with Gasteiger partial charge in [0, 0.05) is 17.3 Å². The molecule has 0 saturated carbocycles. The summed E-state index contributed by atoms with van der Waals surface area (Å²) in [4.78, 5) is 2.43. The number of aromatic nitrogens is 2. The van der Waals surface area contributed by atoms with E-state index < -0.39 is 0 Å². The van der Waals surface area contributed by atoms with E-state index in [4.69, 9.17) is 0 Å². The number of fused-ring (bicyclic) bond motifs is 1. The maximum atomic E-state index is 4.19. The van der Waals surface area contributed by atoms with Gasteiger partial charge < -0.3 is 10.2 Å². The van der Waals surface area contributed by atoms with Gasteiger partial charge in [-0.2, -0.15) is 5.10 Å². The molecule has 19 heavy (non-hydrogen) atoms. The van der Waals surface area contributed by atoms with Crippen LogP contribution >= 0.6 is 0 Å². The van der Waals surface area contributed by atoms with Gasteiger partial charge in [-0.25, -0.2) is 0 Å². The lowest BCUT2D eigenvalue weighted by Gasteiger charge is -2.17. The van der Waals surface area contributed by atoms with Crippen LogP contribution in [0.3, 0.4) is 0 Å². The Hall–Kier alpha value is -1.68. The number of hydrogen-bond donors (Lipinski definition) is 1. The summed E-state index contributed by atoms with van der Waals surface area (Å²) in [6.07, 6.45) is 2.92. The fourth-order valence-electron chi connectivity index (χ4n) is 2.21. The van der Waals surface area contributed by atoms with E-state index in [2.05, 4.69) is 46.4 Å². The van der Waals surface area contributed by atoms with Gasteiger partial charge in [0.2, 0.25) is 0 Å². The van der Waals surface area contributed by atoms with E-state index in [1.54, 1.807) is 6.20 Å². The third kappa shape index (κ3) is 3.64. The summed E-state index contributed by atoms with van der Waals surface area (Å²) in [5.74, 6) is 0.887. The number of anilines is 1. The van der Waals surface area contributed by atoms with Gasteiger partial charge in [-0.1, -0.05) is 38.1 Å². The van der Waals surface area contributed by atoms with Crippen molar-refractivity contribution in [3.05, 3.63) is 30.5 Å². The van der Waals surface area contributed by atoms with Crippen molar-refractivity contribution in [2.45, 2.75) is 20.3 Å². The highest BCUT2D eigenvalue weighted by Gasteiger charge is 2.02. The van der Waals surface area contributed by atoms with Crippen LogP contribution in [-0.2, 0) is 0 Å². The second-order valence-electron chi connectivity index (χ2n) is 4.59. The van der Waals surface area contributed by atoms with Crippen LogP contribution in [0.15, 0.2) is 30.5 Å². The third-order valence-corrected chi connectivity index (χ3v) is 3.41. The minimum Gasteiger partial charge on any atom is -0.368 e. The normalized spacial score (nSPS) is 11.1. The van der Waals surface area contributed by atoms with E-state index in [1.165, 1.54) is 0 Å². The molecule has 0 aliphatic rings. The zero-order valence-electron chi connectivity index (χ0n) is 11.8. The van der Waals surface area contributed by atoms with Crippen LogP contribution in [-0.4, -0.2) is 41.3 Å². The van der Waals surface area contributed by atoms with E-state index in [-0.39, 0.29) is 0 Å². The first-order valence-corrected chi connectivity index (χ1v) is 7.01. The summed E-state index contributed by atoms with van der Waals surface area (Å²) in [6, 6.07) is 8.20. The Morgan fingerprint density at radius 2 is 1.95 bits per heavy atom. The summed E-state index contributed by atoms with van der Waals surface area (Å²) in [6.45, 7) is 8.69. The standard InChI is InChI=1S/C15H22N4/c1-3-19(4-2)11-7-10-16-15-14-9-6-5-8-13(14)12-17-18-15/h5-6,8-9,12H,3-4,7,10-11H2,1-2H3,(H,16,18). The maximum absolute atomic E-state index is 4.19. The quantitative estimate of drug-likeness (QED) is 0.775. The van der Waals surface area contributed by atoms with E-state index in [1.807, 2.05) is 12.1 Å². The molecule has 0 saturated heterocycles. The van der Waals surface area contributed by atoms with Gasteiger partial charge in [-0.15, -0.1) is 5.10 Å². The molecular formula is C15H22N4. The van der Waals surface area contributed by atoms with Crippen LogP contribution in [0.1, 0.15) is 20.3 Å². The SMILES string of the molecule is CCN(CC)CCCNc1nncc2ccccc12.